The number of carbonyl (C=O) groups is 1. The Morgan fingerprint density at radius 1 is 1.10 bits per heavy atom. The quantitative estimate of drug-likeness (QED) is 0.593. The zero-order valence-corrected chi connectivity index (χ0v) is 18.5. The molecule has 0 saturated heterocycles. The van der Waals surface area contributed by atoms with Crippen molar-refractivity contribution in [2.75, 3.05) is 17.7 Å². The van der Waals surface area contributed by atoms with E-state index in [1.54, 1.807) is 12.3 Å². The van der Waals surface area contributed by atoms with Crippen molar-refractivity contribution in [3.05, 3.63) is 41.9 Å². The standard InChI is InChI=1S/C23H29N5O2/c1-7-8-16-9-14(2)18(13-25-16)17-10-15-12-26-20(11-19(15)27-21(17)24-6)28-22(29)30-23(3,4)5/h9-13H,7-8H2,1-6H3,(H,24,27)(H,26,28,29). The molecule has 0 radical (unpaired) electrons. The molecule has 0 unspecified atom stereocenters. The second-order valence-electron chi connectivity index (χ2n) is 8.26. The lowest BCUT2D eigenvalue weighted by molar-refractivity contribution is 0.0635. The fraction of sp³-hybridized carbons (Fsp3) is 0.391. The molecular weight excluding hydrogens is 378 g/mol. The number of hydrogen-bond acceptors (Lipinski definition) is 6. The molecule has 3 aromatic rings. The highest BCUT2D eigenvalue weighted by Gasteiger charge is 2.17. The van der Waals surface area contributed by atoms with Crippen LogP contribution in [0, 0.1) is 6.92 Å². The summed E-state index contributed by atoms with van der Waals surface area (Å²) >= 11 is 0. The first-order chi connectivity index (χ1) is 14.2. The zero-order chi connectivity index (χ0) is 21.9. The maximum atomic E-state index is 12.0. The number of pyridine rings is 3. The van der Waals surface area contributed by atoms with Gasteiger partial charge in [0.2, 0.25) is 0 Å². The molecule has 0 bridgehead atoms. The molecule has 0 atom stereocenters. The third-order valence-corrected chi connectivity index (χ3v) is 4.53. The highest BCUT2D eigenvalue weighted by molar-refractivity contribution is 5.92. The van der Waals surface area contributed by atoms with Crippen molar-refractivity contribution in [2.45, 2.75) is 53.1 Å². The number of anilines is 2. The van der Waals surface area contributed by atoms with Crippen LogP contribution in [0.4, 0.5) is 16.4 Å². The van der Waals surface area contributed by atoms with Gasteiger partial charge < -0.3 is 10.1 Å². The molecule has 0 spiro atoms. The van der Waals surface area contributed by atoms with Crippen LogP contribution in [0.2, 0.25) is 0 Å². The summed E-state index contributed by atoms with van der Waals surface area (Å²) in [7, 11) is 1.84. The van der Waals surface area contributed by atoms with Crippen LogP contribution in [0.3, 0.4) is 0 Å². The van der Waals surface area contributed by atoms with Gasteiger partial charge in [0.25, 0.3) is 0 Å². The number of aryl methyl sites for hydroxylation is 2. The molecule has 0 saturated carbocycles. The van der Waals surface area contributed by atoms with Crippen molar-refractivity contribution in [1.29, 1.82) is 0 Å². The number of nitrogens with zero attached hydrogens (tertiary/aromatic N) is 3. The lowest BCUT2D eigenvalue weighted by Crippen LogP contribution is -2.27. The lowest BCUT2D eigenvalue weighted by atomic mass is 10.0. The SMILES string of the molecule is CCCc1cc(C)c(-c2cc3cnc(NC(=O)OC(C)(C)C)cc3nc2NC)cn1. The summed E-state index contributed by atoms with van der Waals surface area (Å²) < 4.78 is 5.29. The first-order valence-electron chi connectivity index (χ1n) is 10.1. The number of carbonyl (C=O) groups excluding carboxylic acids is 1. The maximum absolute atomic E-state index is 12.0. The van der Waals surface area contributed by atoms with E-state index >= 15 is 0 Å². The summed E-state index contributed by atoms with van der Waals surface area (Å²) in [6, 6.07) is 5.91. The molecule has 0 aliphatic rings. The Morgan fingerprint density at radius 3 is 2.50 bits per heavy atom. The number of rotatable bonds is 5. The summed E-state index contributed by atoms with van der Waals surface area (Å²) in [4.78, 5) is 25.7. The van der Waals surface area contributed by atoms with Gasteiger partial charge in [-0.05, 0) is 51.8 Å². The van der Waals surface area contributed by atoms with Crippen molar-refractivity contribution < 1.29 is 9.53 Å². The topological polar surface area (TPSA) is 89.0 Å². The minimum Gasteiger partial charge on any atom is -0.444 e. The van der Waals surface area contributed by atoms with Crippen LogP contribution in [0.5, 0.6) is 0 Å². The molecule has 0 aromatic carbocycles. The van der Waals surface area contributed by atoms with Gasteiger partial charge >= 0.3 is 6.09 Å². The van der Waals surface area contributed by atoms with E-state index in [9.17, 15) is 4.79 Å². The van der Waals surface area contributed by atoms with Gasteiger partial charge in [-0.25, -0.2) is 14.8 Å². The van der Waals surface area contributed by atoms with E-state index in [4.69, 9.17) is 9.72 Å². The van der Waals surface area contributed by atoms with E-state index in [0.717, 1.165) is 51.9 Å². The Labute approximate surface area is 177 Å². The minimum absolute atomic E-state index is 0.390. The van der Waals surface area contributed by atoms with Crippen LogP contribution in [0.25, 0.3) is 22.0 Å². The second kappa shape index (κ2) is 8.65. The minimum atomic E-state index is -0.577. The number of amides is 1. The molecule has 0 fully saturated rings. The molecule has 7 nitrogen and oxygen atoms in total. The summed E-state index contributed by atoms with van der Waals surface area (Å²) in [6.45, 7) is 9.68. The number of nitrogens with one attached hydrogen (secondary N) is 2. The summed E-state index contributed by atoms with van der Waals surface area (Å²) in [5.41, 5.74) is 4.39. The van der Waals surface area contributed by atoms with E-state index in [2.05, 4.69) is 40.5 Å². The van der Waals surface area contributed by atoms with Crippen LogP contribution >= 0.6 is 0 Å². The normalized spacial score (nSPS) is 11.4. The largest absolute Gasteiger partial charge is 0.444 e. The molecule has 3 heterocycles. The third kappa shape index (κ3) is 5.03. The number of aromatic nitrogens is 3. The molecule has 30 heavy (non-hydrogen) atoms. The maximum Gasteiger partial charge on any atom is 0.413 e. The van der Waals surface area contributed by atoms with E-state index in [1.807, 2.05) is 40.1 Å². The van der Waals surface area contributed by atoms with Crippen molar-refractivity contribution in [3.8, 4) is 11.1 Å². The van der Waals surface area contributed by atoms with Gasteiger partial charge in [-0.3, -0.25) is 10.3 Å². The summed E-state index contributed by atoms with van der Waals surface area (Å²) in [6.07, 6.45) is 5.10. The molecule has 158 valence electrons. The molecule has 2 N–H and O–H groups in total. The molecule has 0 aliphatic heterocycles. The van der Waals surface area contributed by atoms with Crippen molar-refractivity contribution >= 4 is 28.6 Å². The average molecular weight is 408 g/mol. The molecular formula is C23H29N5O2. The van der Waals surface area contributed by atoms with Gasteiger partial charge in [-0.1, -0.05) is 13.3 Å². The third-order valence-electron chi connectivity index (χ3n) is 4.53. The molecule has 3 rings (SSSR count). The van der Waals surface area contributed by atoms with Gasteiger partial charge in [-0.15, -0.1) is 0 Å². The fourth-order valence-electron chi connectivity index (χ4n) is 3.23. The Balaban J connectivity index is 1.96. The zero-order valence-electron chi connectivity index (χ0n) is 18.5. The van der Waals surface area contributed by atoms with Gasteiger partial charge in [0.15, 0.2) is 0 Å². The van der Waals surface area contributed by atoms with Crippen LogP contribution in [-0.4, -0.2) is 33.7 Å². The summed E-state index contributed by atoms with van der Waals surface area (Å²) in [5.74, 6) is 1.13. The van der Waals surface area contributed by atoms with Crippen LogP contribution in [0.15, 0.2) is 30.6 Å². The van der Waals surface area contributed by atoms with Gasteiger partial charge in [0.05, 0.1) is 5.52 Å². The Kier molecular flexibility index (Phi) is 6.20. The van der Waals surface area contributed by atoms with Gasteiger partial charge in [0.1, 0.15) is 17.2 Å². The smallest absolute Gasteiger partial charge is 0.413 e. The first-order valence-corrected chi connectivity index (χ1v) is 10.1. The Bertz CT molecular complexity index is 1070. The Hall–Kier alpha value is -3.22. The molecule has 1 amide bonds. The highest BCUT2D eigenvalue weighted by atomic mass is 16.6. The highest BCUT2D eigenvalue weighted by Crippen LogP contribution is 2.32. The first kappa shape index (κ1) is 21.5. The van der Waals surface area contributed by atoms with Crippen LogP contribution in [0.1, 0.15) is 45.4 Å². The fourth-order valence-corrected chi connectivity index (χ4v) is 3.23. The number of ether oxygens (including phenoxy) is 1. The van der Waals surface area contributed by atoms with Crippen LogP contribution < -0.4 is 10.6 Å². The second-order valence-corrected chi connectivity index (χ2v) is 8.26. The monoisotopic (exact) mass is 407 g/mol. The predicted molar refractivity (Wildman–Crippen MR) is 121 cm³/mol. The van der Waals surface area contributed by atoms with Gasteiger partial charge in [-0.2, -0.15) is 0 Å². The predicted octanol–water partition coefficient (Wildman–Crippen LogP) is 5.34. The number of fused-ring (bicyclic) bond motifs is 1. The molecule has 3 aromatic heterocycles. The molecule has 0 aliphatic carbocycles. The van der Waals surface area contributed by atoms with Crippen molar-refractivity contribution in [1.82, 2.24) is 15.0 Å². The molecule has 7 heteroatoms. The Morgan fingerprint density at radius 2 is 1.87 bits per heavy atom. The summed E-state index contributed by atoms with van der Waals surface area (Å²) in [5, 5.41) is 6.70. The van der Waals surface area contributed by atoms with Crippen molar-refractivity contribution in [3.63, 3.8) is 0 Å². The van der Waals surface area contributed by atoms with E-state index < -0.39 is 11.7 Å². The van der Waals surface area contributed by atoms with E-state index in [1.165, 1.54) is 0 Å². The average Bonchev–Trinajstić information content (AvgIpc) is 2.66. The van der Waals surface area contributed by atoms with E-state index in [-0.39, 0.29) is 0 Å². The van der Waals surface area contributed by atoms with E-state index in [0.29, 0.717) is 5.82 Å². The number of hydrogen-bond donors (Lipinski definition) is 2. The van der Waals surface area contributed by atoms with Crippen molar-refractivity contribution in [2.24, 2.45) is 0 Å². The lowest BCUT2D eigenvalue weighted by Gasteiger charge is -2.19. The van der Waals surface area contributed by atoms with Gasteiger partial charge in [0, 0.05) is 47.7 Å². The van der Waals surface area contributed by atoms with Crippen LogP contribution in [-0.2, 0) is 11.2 Å².